The summed E-state index contributed by atoms with van der Waals surface area (Å²) < 4.78 is 9.83. The van der Waals surface area contributed by atoms with Gasteiger partial charge >= 0.3 is 11.6 Å². The Hall–Kier alpha value is -1.52. The summed E-state index contributed by atoms with van der Waals surface area (Å²) in [5.41, 5.74) is -0.421. The minimum Gasteiger partial charge on any atom is -0.426 e. The van der Waals surface area contributed by atoms with Gasteiger partial charge in [-0.2, -0.15) is 0 Å². The second-order valence-corrected chi connectivity index (χ2v) is 4.10. The minimum absolute atomic E-state index is 0.0994. The second-order valence-electron chi connectivity index (χ2n) is 3.29. The molecule has 4 nitrogen and oxygen atoms in total. The Labute approximate surface area is 106 Å². The van der Waals surface area contributed by atoms with E-state index in [0.717, 1.165) is 6.07 Å². The van der Waals surface area contributed by atoms with Crippen molar-refractivity contribution in [2.24, 2.45) is 0 Å². The van der Waals surface area contributed by atoms with Crippen LogP contribution in [0.15, 0.2) is 27.4 Å². The van der Waals surface area contributed by atoms with Crippen LogP contribution in [0.1, 0.15) is 6.92 Å². The molecule has 1 aromatic heterocycles. The van der Waals surface area contributed by atoms with Crippen molar-refractivity contribution in [3.63, 3.8) is 0 Å². The molecule has 1 aromatic carbocycles. The van der Waals surface area contributed by atoms with Gasteiger partial charge in [0.15, 0.2) is 0 Å². The molecule has 88 valence electrons. The summed E-state index contributed by atoms with van der Waals surface area (Å²) in [7, 11) is 0. The van der Waals surface area contributed by atoms with Gasteiger partial charge in [-0.3, -0.25) is 4.79 Å². The van der Waals surface area contributed by atoms with Crippen molar-refractivity contribution in [3.05, 3.63) is 38.7 Å². The molecule has 6 heteroatoms. The molecule has 1 heterocycles. The molecular formula is C11H6Cl2O4. The third-order valence-corrected chi connectivity index (χ3v) is 2.72. The number of halogens is 2. The molecule has 2 rings (SSSR count). The Morgan fingerprint density at radius 1 is 1.24 bits per heavy atom. The van der Waals surface area contributed by atoms with E-state index in [4.69, 9.17) is 32.4 Å². The number of ether oxygens (including phenoxy) is 1. The number of hydrogen-bond donors (Lipinski definition) is 0. The highest BCUT2D eigenvalue weighted by molar-refractivity contribution is 6.42. The Bertz CT molecular complexity index is 660. The summed E-state index contributed by atoms with van der Waals surface area (Å²) in [5, 5.41) is 0.943. The quantitative estimate of drug-likeness (QED) is 0.592. The lowest BCUT2D eigenvalue weighted by Crippen LogP contribution is -2.06. The Kier molecular flexibility index (Phi) is 3.09. The van der Waals surface area contributed by atoms with Gasteiger partial charge in [0.05, 0.1) is 21.5 Å². The van der Waals surface area contributed by atoms with Crippen molar-refractivity contribution in [3.8, 4) is 5.75 Å². The molecular weight excluding hydrogens is 267 g/mol. The SMILES string of the molecule is CC(=O)Oc1cc(=O)oc2cc(Cl)c(Cl)cc12. The lowest BCUT2D eigenvalue weighted by atomic mass is 10.2. The fourth-order valence-electron chi connectivity index (χ4n) is 1.37. The fraction of sp³-hybridized carbons (Fsp3) is 0.0909. The molecule has 2 aromatic rings. The zero-order valence-electron chi connectivity index (χ0n) is 8.62. The van der Waals surface area contributed by atoms with Crippen molar-refractivity contribution in [2.45, 2.75) is 6.92 Å². The minimum atomic E-state index is -0.632. The highest BCUT2D eigenvalue weighted by atomic mass is 35.5. The van der Waals surface area contributed by atoms with E-state index in [9.17, 15) is 9.59 Å². The van der Waals surface area contributed by atoms with Crippen LogP contribution in [-0.4, -0.2) is 5.97 Å². The van der Waals surface area contributed by atoms with Gasteiger partial charge in [-0.1, -0.05) is 23.2 Å². The predicted octanol–water partition coefficient (Wildman–Crippen LogP) is 3.03. The van der Waals surface area contributed by atoms with Crippen molar-refractivity contribution in [2.75, 3.05) is 0 Å². The van der Waals surface area contributed by atoms with Gasteiger partial charge in [-0.25, -0.2) is 4.79 Å². The maximum atomic E-state index is 11.2. The summed E-state index contributed by atoms with van der Waals surface area (Å²) in [6.45, 7) is 1.23. The number of carbonyl (C=O) groups excluding carboxylic acids is 1. The zero-order valence-corrected chi connectivity index (χ0v) is 10.1. The topological polar surface area (TPSA) is 56.5 Å². The average Bonchev–Trinajstić information content (AvgIpc) is 2.20. The van der Waals surface area contributed by atoms with Crippen molar-refractivity contribution < 1.29 is 13.9 Å². The van der Waals surface area contributed by atoms with Crippen molar-refractivity contribution in [1.82, 2.24) is 0 Å². The molecule has 0 spiro atoms. The Morgan fingerprint density at radius 2 is 1.88 bits per heavy atom. The van der Waals surface area contributed by atoms with Gasteiger partial charge in [0.25, 0.3) is 0 Å². The zero-order chi connectivity index (χ0) is 12.6. The summed E-state index contributed by atoms with van der Waals surface area (Å²) in [6, 6.07) is 3.95. The Balaban J connectivity index is 2.78. The normalized spacial score (nSPS) is 10.5. The molecule has 0 aliphatic rings. The van der Waals surface area contributed by atoms with Crippen LogP contribution in [0, 0.1) is 0 Å². The van der Waals surface area contributed by atoms with E-state index in [-0.39, 0.29) is 21.4 Å². The lowest BCUT2D eigenvalue weighted by molar-refractivity contribution is -0.131. The van der Waals surface area contributed by atoms with Crippen LogP contribution in [0.5, 0.6) is 5.75 Å². The van der Waals surface area contributed by atoms with Crippen LogP contribution in [-0.2, 0) is 4.79 Å². The van der Waals surface area contributed by atoms with Crippen molar-refractivity contribution >= 4 is 40.1 Å². The van der Waals surface area contributed by atoms with E-state index in [0.29, 0.717) is 5.39 Å². The van der Waals surface area contributed by atoms with Gasteiger partial charge in [-0.15, -0.1) is 0 Å². The predicted molar refractivity (Wildman–Crippen MR) is 63.8 cm³/mol. The number of rotatable bonds is 1. The smallest absolute Gasteiger partial charge is 0.339 e. The molecule has 0 N–H and O–H groups in total. The third-order valence-electron chi connectivity index (χ3n) is 2.00. The van der Waals surface area contributed by atoms with Crippen LogP contribution in [0.25, 0.3) is 11.0 Å². The average molecular weight is 273 g/mol. The van der Waals surface area contributed by atoms with E-state index in [1.54, 1.807) is 0 Å². The number of fused-ring (bicyclic) bond motifs is 1. The summed E-state index contributed by atoms with van der Waals surface area (Å²) in [5.74, 6) is -0.440. The van der Waals surface area contributed by atoms with E-state index in [1.165, 1.54) is 19.1 Å². The molecule has 0 bridgehead atoms. The maximum absolute atomic E-state index is 11.2. The van der Waals surface area contributed by atoms with Crippen LogP contribution >= 0.6 is 23.2 Å². The first-order valence-electron chi connectivity index (χ1n) is 4.58. The van der Waals surface area contributed by atoms with E-state index >= 15 is 0 Å². The van der Waals surface area contributed by atoms with E-state index in [1.807, 2.05) is 0 Å². The van der Waals surface area contributed by atoms with Crippen LogP contribution in [0.2, 0.25) is 10.0 Å². The highest BCUT2D eigenvalue weighted by Crippen LogP contribution is 2.31. The van der Waals surface area contributed by atoms with Crippen molar-refractivity contribution in [1.29, 1.82) is 0 Å². The highest BCUT2D eigenvalue weighted by Gasteiger charge is 2.11. The molecule has 0 saturated heterocycles. The monoisotopic (exact) mass is 272 g/mol. The number of benzene rings is 1. The first-order chi connectivity index (χ1) is 7.97. The largest absolute Gasteiger partial charge is 0.426 e. The number of carbonyl (C=O) groups is 1. The van der Waals surface area contributed by atoms with Crippen LogP contribution < -0.4 is 10.4 Å². The lowest BCUT2D eigenvalue weighted by Gasteiger charge is -2.05. The standard InChI is InChI=1S/C11H6Cl2O4/c1-5(14)16-10-4-11(15)17-9-3-8(13)7(12)2-6(9)10/h2-4H,1H3. The van der Waals surface area contributed by atoms with Gasteiger partial charge in [0.1, 0.15) is 11.3 Å². The van der Waals surface area contributed by atoms with Crippen LogP contribution in [0.3, 0.4) is 0 Å². The van der Waals surface area contributed by atoms with Gasteiger partial charge < -0.3 is 9.15 Å². The molecule has 0 aliphatic heterocycles. The molecule has 0 amide bonds. The third kappa shape index (κ3) is 2.43. The maximum Gasteiger partial charge on any atom is 0.339 e. The summed E-state index contributed by atoms with van der Waals surface area (Å²) in [4.78, 5) is 22.2. The van der Waals surface area contributed by atoms with E-state index < -0.39 is 11.6 Å². The molecule has 0 fully saturated rings. The fourth-order valence-corrected chi connectivity index (χ4v) is 1.68. The summed E-state index contributed by atoms with van der Waals surface area (Å²) >= 11 is 11.6. The first-order valence-corrected chi connectivity index (χ1v) is 5.34. The summed E-state index contributed by atoms with van der Waals surface area (Å²) in [6.07, 6.45) is 0. The number of esters is 1. The second kappa shape index (κ2) is 4.39. The van der Waals surface area contributed by atoms with Gasteiger partial charge in [-0.05, 0) is 6.07 Å². The molecule has 17 heavy (non-hydrogen) atoms. The molecule has 0 saturated carbocycles. The molecule has 0 unspecified atom stereocenters. The molecule has 0 atom stereocenters. The van der Waals surface area contributed by atoms with E-state index in [2.05, 4.69) is 0 Å². The molecule has 0 aliphatic carbocycles. The van der Waals surface area contributed by atoms with Gasteiger partial charge in [0, 0.05) is 13.0 Å². The number of hydrogen-bond acceptors (Lipinski definition) is 4. The molecule has 0 radical (unpaired) electrons. The van der Waals surface area contributed by atoms with Crippen LogP contribution in [0.4, 0.5) is 0 Å². The first kappa shape index (κ1) is 12.0. The Morgan fingerprint density at radius 3 is 2.53 bits per heavy atom. The van der Waals surface area contributed by atoms with Gasteiger partial charge in [0.2, 0.25) is 0 Å².